The molecule has 1 aliphatic rings. The first-order valence-corrected chi connectivity index (χ1v) is 8.65. The van der Waals surface area contributed by atoms with Crippen molar-refractivity contribution < 1.29 is 9.59 Å². The second-order valence-electron chi connectivity index (χ2n) is 6.85. The molecule has 6 nitrogen and oxygen atoms in total. The van der Waals surface area contributed by atoms with Gasteiger partial charge in [-0.3, -0.25) is 14.4 Å². The first-order chi connectivity index (χ1) is 12.0. The lowest BCUT2D eigenvalue weighted by atomic mass is 9.95. The summed E-state index contributed by atoms with van der Waals surface area (Å²) < 4.78 is 1.82. The number of aromatic nitrogens is 2. The molecule has 132 valence electrons. The van der Waals surface area contributed by atoms with E-state index in [1.165, 1.54) is 10.5 Å². The Labute approximate surface area is 147 Å². The highest BCUT2D eigenvalue weighted by molar-refractivity contribution is 5.98. The number of aryl methyl sites for hydroxylation is 1. The van der Waals surface area contributed by atoms with Crippen LogP contribution in [0.5, 0.6) is 0 Å². The monoisotopic (exact) mass is 340 g/mol. The van der Waals surface area contributed by atoms with E-state index in [2.05, 4.69) is 10.4 Å². The normalized spacial score (nSPS) is 19.0. The zero-order valence-electron chi connectivity index (χ0n) is 14.7. The number of benzene rings is 1. The van der Waals surface area contributed by atoms with Gasteiger partial charge in [-0.05, 0) is 30.9 Å². The highest BCUT2D eigenvalue weighted by Gasteiger charge is 2.34. The summed E-state index contributed by atoms with van der Waals surface area (Å²) in [7, 11) is 0. The number of carbonyl (C=O) groups excluding carboxylic acids is 2. The van der Waals surface area contributed by atoms with Crippen LogP contribution in [0, 0.1) is 18.8 Å². The Hall–Kier alpha value is -2.63. The molecule has 3 amide bonds. The van der Waals surface area contributed by atoms with Crippen molar-refractivity contribution >= 4 is 11.9 Å². The highest BCUT2D eigenvalue weighted by Crippen LogP contribution is 2.17. The predicted octanol–water partition coefficient (Wildman–Crippen LogP) is 2.24. The Kier molecular flexibility index (Phi) is 5.16. The second-order valence-corrected chi connectivity index (χ2v) is 6.85. The number of nitrogens with zero attached hydrogens (tertiary/aromatic N) is 3. The molecule has 1 aliphatic heterocycles. The molecule has 1 saturated heterocycles. The maximum atomic E-state index is 12.8. The zero-order valence-corrected chi connectivity index (χ0v) is 14.7. The van der Waals surface area contributed by atoms with Crippen LogP contribution < -0.4 is 5.32 Å². The first kappa shape index (κ1) is 17.2. The fourth-order valence-corrected chi connectivity index (χ4v) is 3.15. The number of hydrogen-bond donors (Lipinski definition) is 1. The number of carbonyl (C=O) groups is 2. The minimum absolute atomic E-state index is 0.0864. The summed E-state index contributed by atoms with van der Waals surface area (Å²) in [5.41, 5.74) is 2.31. The summed E-state index contributed by atoms with van der Waals surface area (Å²) >= 11 is 0. The topological polar surface area (TPSA) is 67.2 Å². The van der Waals surface area contributed by atoms with Crippen molar-refractivity contribution in [2.45, 2.75) is 26.8 Å². The predicted molar refractivity (Wildman–Crippen MR) is 94.9 cm³/mol. The van der Waals surface area contributed by atoms with Gasteiger partial charge in [0.1, 0.15) is 0 Å². The minimum Gasteiger partial charge on any atom is -0.337 e. The number of imide groups is 1. The van der Waals surface area contributed by atoms with E-state index in [-0.39, 0.29) is 23.8 Å². The minimum atomic E-state index is -0.294. The quantitative estimate of drug-likeness (QED) is 0.877. The number of amides is 3. The number of nitrogens with one attached hydrogen (secondary N) is 1. The molecule has 2 heterocycles. The molecule has 1 fully saturated rings. The Bertz CT molecular complexity index is 724. The Morgan fingerprint density at radius 3 is 2.68 bits per heavy atom. The largest absolute Gasteiger partial charge is 0.337 e. The van der Waals surface area contributed by atoms with Crippen LogP contribution in [0.25, 0.3) is 0 Å². The van der Waals surface area contributed by atoms with Crippen LogP contribution in [-0.4, -0.2) is 39.7 Å². The van der Waals surface area contributed by atoms with E-state index in [0.717, 1.165) is 5.56 Å². The van der Waals surface area contributed by atoms with E-state index >= 15 is 0 Å². The van der Waals surface area contributed by atoms with Gasteiger partial charge in [-0.15, -0.1) is 0 Å². The standard InChI is InChI=1S/C19H24N4O2/c1-14-4-6-16(7-5-14)10-17-11-20-19(25)23(18(17)24)13-15(2)12-22-9-3-8-21-22/h3-9,15,17H,10-13H2,1-2H3,(H,20,25). The molecule has 25 heavy (non-hydrogen) atoms. The van der Waals surface area contributed by atoms with Gasteiger partial charge >= 0.3 is 6.03 Å². The van der Waals surface area contributed by atoms with Crippen molar-refractivity contribution in [2.75, 3.05) is 13.1 Å². The van der Waals surface area contributed by atoms with Crippen LogP contribution in [0.2, 0.25) is 0 Å². The van der Waals surface area contributed by atoms with E-state index in [4.69, 9.17) is 0 Å². The van der Waals surface area contributed by atoms with Crippen LogP contribution in [0.1, 0.15) is 18.1 Å². The molecule has 1 aromatic carbocycles. The van der Waals surface area contributed by atoms with Crippen molar-refractivity contribution in [2.24, 2.45) is 11.8 Å². The van der Waals surface area contributed by atoms with Gasteiger partial charge in [-0.1, -0.05) is 36.8 Å². The molecule has 3 rings (SSSR count). The second kappa shape index (κ2) is 7.51. The SMILES string of the molecule is Cc1ccc(CC2CNC(=O)N(CC(C)Cn3cccn3)C2=O)cc1. The first-order valence-electron chi connectivity index (χ1n) is 8.65. The molecule has 0 bridgehead atoms. The molecular formula is C19H24N4O2. The van der Waals surface area contributed by atoms with E-state index in [1.807, 2.05) is 55.1 Å². The van der Waals surface area contributed by atoms with Crippen molar-refractivity contribution in [1.82, 2.24) is 20.0 Å². The molecule has 2 unspecified atom stereocenters. The van der Waals surface area contributed by atoms with Gasteiger partial charge in [0.05, 0.1) is 5.92 Å². The van der Waals surface area contributed by atoms with E-state index < -0.39 is 0 Å². The molecule has 0 aliphatic carbocycles. The highest BCUT2D eigenvalue weighted by atomic mass is 16.2. The lowest BCUT2D eigenvalue weighted by Crippen LogP contribution is -2.56. The number of hydrogen-bond acceptors (Lipinski definition) is 3. The van der Waals surface area contributed by atoms with Gasteiger partial charge in [-0.25, -0.2) is 4.79 Å². The van der Waals surface area contributed by atoms with Crippen LogP contribution >= 0.6 is 0 Å². The Balaban J connectivity index is 1.63. The summed E-state index contributed by atoms with van der Waals surface area (Å²) in [6.45, 7) is 5.53. The molecule has 2 atom stereocenters. The van der Waals surface area contributed by atoms with E-state index in [9.17, 15) is 9.59 Å². The molecule has 1 aromatic heterocycles. The van der Waals surface area contributed by atoms with Gasteiger partial charge in [0.25, 0.3) is 0 Å². The van der Waals surface area contributed by atoms with Gasteiger partial charge in [-0.2, -0.15) is 5.10 Å². The third kappa shape index (κ3) is 4.26. The number of urea groups is 1. The zero-order chi connectivity index (χ0) is 17.8. The molecule has 0 spiro atoms. The summed E-state index contributed by atoms with van der Waals surface area (Å²) in [4.78, 5) is 26.3. The summed E-state index contributed by atoms with van der Waals surface area (Å²) in [6, 6.07) is 9.75. The average molecular weight is 340 g/mol. The van der Waals surface area contributed by atoms with Crippen LogP contribution in [0.4, 0.5) is 4.79 Å². The van der Waals surface area contributed by atoms with Crippen LogP contribution in [0.15, 0.2) is 42.7 Å². The molecule has 2 aromatic rings. The molecule has 1 N–H and O–H groups in total. The van der Waals surface area contributed by atoms with Gasteiger partial charge in [0.15, 0.2) is 0 Å². The van der Waals surface area contributed by atoms with Gasteiger partial charge in [0.2, 0.25) is 5.91 Å². The summed E-state index contributed by atoms with van der Waals surface area (Å²) in [6.07, 6.45) is 4.25. The fraction of sp³-hybridized carbons (Fsp3) is 0.421. The molecule has 0 radical (unpaired) electrons. The number of rotatable bonds is 6. The smallest absolute Gasteiger partial charge is 0.324 e. The van der Waals surface area contributed by atoms with Gasteiger partial charge < -0.3 is 5.32 Å². The lowest BCUT2D eigenvalue weighted by molar-refractivity contribution is -0.134. The van der Waals surface area contributed by atoms with E-state index in [1.54, 1.807) is 6.20 Å². The van der Waals surface area contributed by atoms with Crippen LogP contribution in [-0.2, 0) is 17.8 Å². The third-order valence-electron chi connectivity index (χ3n) is 4.51. The average Bonchev–Trinajstić information content (AvgIpc) is 3.09. The van der Waals surface area contributed by atoms with Crippen molar-refractivity contribution in [3.8, 4) is 0 Å². The Morgan fingerprint density at radius 2 is 2.00 bits per heavy atom. The third-order valence-corrected chi connectivity index (χ3v) is 4.51. The van der Waals surface area contributed by atoms with Crippen molar-refractivity contribution in [3.05, 3.63) is 53.9 Å². The Morgan fingerprint density at radius 1 is 1.24 bits per heavy atom. The van der Waals surface area contributed by atoms with Crippen molar-refractivity contribution in [3.63, 3.8) is 0 Å². The fourth-order valence-electron chi connectivity index (χ4n) is 3.15. The maximum absolute atomic E-state index is 12.8. The molecule has 0 saturated carbocycles. The van der Waals surface area contributed by atoms with Crippen LogP contribution in [0.3, 0.4) is 0 Å². The maximum Gasteiger partial charge on any atom is 0.324 e. The molecule has 6 heteroatoms. The summed E-state index contributed by atoms with van der Waals surface area (Å²) in [5, 5.41) is 7.03. The summed E-state index contributed by atoms with van der Waals surface area (Å²) in [5.74, 6) is -0.165. The van der Waals surface area contributed by atoms with Crippen molar-refractivity contribution in [1.29, 1.82) is 0 Å². The lowest BCUT2D eigenvalue weighted by Gasteiger charge is -2.33. The molecular weight excluding hydrogens is 316 g/mol. The van der Waals surface area contributed by atoms with Gasteiger partial charge in [0, 0.05) is 32.0 Å². The van der Waals surface area contributed by atoms with E-state index in [0.29, 0.717) is 26.1 Å².